The van der Waals surface area contributed by atoms with Crippen LogP contribution in [0, 0.1) is 6.92 Å². The van der Waals surface area contributed by atoms with Crippen molar-refractivity contribution in [2.45, 2.75) is 54.1 Å². The molecule has 2 saturated carbocycles. The molecule has 2 aliphatic carbocycles. The first-order valence-corrected chi connectivity index (χ1v) is 10.8. The van der Waals surface area contributed by atoms with Crippen LogP contribution in [0.4, 0.5) is 0 Å². The molecule has 1 aromatic rings. The molecule has 0 spiro atoms. The van der Waals surface area contributed by atoms with Gasteiger partial charge >= 0.3 is 0 Å². The highest BCUT2D eigenvalue weighted by Gasteiger charge is 2.42. The zero-order chi connectivity index (χ0) is 15.1. The SMILES string of the molecule is CSC1(CNS(=O)(=O)c2cc(C)c(CNC3CC3)s2)CC1. The van der Waals surface area contributed by atoms with Gasteiger partial charge in [0.15, 0.2) is 0 Å². The van der Waals surface area contributed by atoms with Gasteiger partial charge in [0.1, 0.15) is 4.21 Å². The summed E-state index contributed by atoms with van der Waals surface area (Å²) in [5, 5.41) is 3.45. The predicted octanol–water partition coefficient (Wildman–Crippen LogP) is 2.48. The first kappa shape index (κ1) is 15.8. The minimum absolute atomic E-state index is 0.149. The van der Waals surface area contributed by atoms with Crippen molar-refractivity contribution in [3.8, 4) is 0 Å². The fourth-order valence-electron chi connectivity index (χ4n) is 2.21. The average Bonchev–Trinajstić information content (AvgIpc) is 3.36. The number of aryl methyl sites for hydroxylation is 1. The lowest BCUT2D eigenvalue weighted by molar-refractivity contribution is 0.582. The Morgan fingerprint density at radius 1 is 1.43 bits per heavy atom. The van der Waals surface area contributed by atoms with Crippen LogP contribution in [0.25, 0.3) is 0 Å². The predicted molar refractivity (Wildman–Crippen MR) is 89.6 cm³/mol. The Kier molecular flexibility index (Phi) is 4.40. The lowest BCUT2D eigenvalue weighted by atomic mass is 10.3. The topological polar surface area (TPSA) is 58.2 Å². The Bertz CT molecular complexity index is 616. The van der Waals surface area contributed by atoms with Gasteiger partial charge in [-0.25, -0.2) is 13.1 Å². The highest BCUT2D eigenvalue weighted by atomic mass is 32.2. The van der Waals surface area contributed by atoms with Gasteiger partial charge in [0.25, 0.3) is 0 Å². The minimum Gasteiger partial charge on any atom is -0.309 e. The van der Waals surface area contributed by atoms with Gasteiger partial charge in [0, 0.05) is 28.8 Å². The third-order valence-electron chi connectivity index (χ3n) is 4.22. The summed E-state index contributed by atoms with van der Waals surface area (Å²) in [6, 6.07) is 2.44. The second-order valence-electron chi connectivity index (χ2n) is 6.04. The fourth-order valence-corrected chi connectivity index (χ4v) is 5.74. The van der Waals surface area contributed by atoms with Crippen molar-refractivity contribution in [2.75, 3.05) is 12.8 Å². The first-order valence-electron chi connectivity index (χ1n) is 7.32. The number of rotatable bonds is 8. The van der Waals surface area contributed by atoms with Gasteiger partial charge in [0.05, 0.1) is 0 Å². The summed E-state index contributed by atoms with van der Waals surface area (Å²) in [6.07, 6.45) is 6.76. The van der Waals surface area contributed by atoms with Crippen molar-refractivity contribution in [3.63, 3.8) is 0 Å². The van der Waals surface area contributed by atoms with Gasteiger partial charge in [-0.05, 0) is 50.5 Å². The number of thioether (sulfide) groups is 1. The smallest absolute Gasteiger partial charge is 0.250 e. The molecular formula is C14H22N2O2S3. The maximum atomic E-state index is 12.4. The van der Waals surface area contributed by atoms with E-state index >= 15 is 0 Å². The number of nitrogens with one attached hydrogen (secondary N) is 2. The lowest BCUT2D eigenvalue weighted by Crippen LogP contribution is -2.31. The molecule has 0 bridgehead atoms. The molecule has 0 atom stereocenters. The van der Waals surface area contributed by atoms with E-state index in [9.17, 15) is 8.42 Å². The third kappa shape index (κ3) is 3.82. The molecule has 2 aliphatic rings. The molecule has 0 aliphatic heterocycles. The zero-order valence-corrected chi connectivity index (χ0v) is 14.9. The quantitative estimate of drug-likeness (QED) is 0.759. The second-order valence-corrected chi connectivity index (χ2v) is 10.4. The molecule has 1 aromatic heterocycles. The van der Waals surface area contributed by atoms with Gasteiger partial charge in [0.2, 0.25) is 10.0 Å². The maximum Gasteiger partial charge on any atom is 0.250 e. The summed E-state index contributed by atoms with van der Waals surface area (Å²) < 4.78 is 28.2. The molecule has 0 radical (unpaired) electrons. The summed E-state index contributed by atoms with van der Waals surface area (Å²) in [6.45, 7) is 3.32. The molecule has 118 valence electrons. The van der Waals surface area contributed by atoms with Crippen LogP contribution in [0.5, 0.6) is 0 Å². The van der Waals surface area contributed by atoms with Crippen LogP contribution < -0.4 is 10.0 Å². The normalized spacial score (nSPS) is 20.7. The summed E-state index contributed by atoms with van der Waals surface area (Å²) in [4.78, 5) is 1.13. The van der Waals surface area contributed by atoms with Crippen molar-refractivity contribution in [1.82, 2.24) is 10.0 Å². The van der Waals surface area contributed by atoms with E-state index in [2.05, 4.69) is 16.3 Å². The van der Waals surface area contributed by atoms with Gasteiger partial charge in [-0.2, -0.15) is 11.8 Å². The average molecular weight is 347 g/mol. The molecule has 1 heterocycles. The van der Waals surface area contributed by atoms with Gasteiger partial charge in [-0.15, -0.1) is 11.3 Å². The molecule has 2 N–H and O–H groups in total. The van der Waals surface area contributed by atoms with Crippen LogP contribution in [0.15, 0.2) is 10.3 Å². The third-order valence-corrected chi connectivity index (χ3v) is 8.75. The summed E-state index contributed by atoms with van der Waals surface area (Å²) in [5.74, 6) is 0. The standard InChI is InChI=1S/C14H22N2O2S3/c1-10-7-13(20-12(10)8-15-11-3-4-11)21(17,18)16-9-14(19-2)5-6-14/h7,11,15-16H,3-6,8-9H2,1-2H3. The van der Waals surface area contributed by atoms with Crippen LogP contribution in [-0.2, 0) is 16.6 Å². The van der Waals surface area contributed by atoms with Crippen molar-refractivity contribution in [1.29, 1.82) is 0 Å². The molecule has 2 fully saturated rings. The molecule has 0 saturated heterocycles. The second kappa shape index (κ2) is 5.85. The Morgan fingerprint density at radius 2 is 2.14 bits per heavy atom. The van der Waals surface area contributed by atoms with Crippen molar-refractivity contribution < 1.29 is 8.42 Å². The zero-order valence-electron chi connectivity index (χ0n) is 12.4. The highest BCUT2D eigenvalue weighted by molar-refractivity contribution is 8.00. The molecule has 0 amide bonds. The highest BCUT2D eigenvalue weighted by Crippen LogP contribution is 2.46. The lowest BCUT2D eigenvalue weighted by Gasteiger charge is -2.12. The molecular weight excluding hydrogens is 324 g/mol. The van der Waals surface area contributed by atoms with Gasteiger partial charge < -0.3 is 5.32 Å². The Morgan fingerprint density at radius 3 is 2.71 bits per heavy atom. The Hall–Kier alpha value is -0.0800. The van der Waals surface area contributed by atoms with Gasteiger partial charge in [-0.3, -0.25) is 0 Å². The van der Waals surface area contributed by atoms with Crippen LogP contribution in [0.2, 0.25) is 0 Å². The largest absolute Gasteiger partial charge is 0.309 e. The molecule has 0 aromatic carbocycles. The molecule has 4 nitrogen and oxygen atoms in total. The summed E-state index contributed by atoms with van der Waals surface area (Å²) in [5.41, 5.74) is 1.07. The van der Waals surface area contributed by atoms with E-state index in [4.69, 9.17) is 0 Å². The van der Waals surface area contributed by atoms with E-state index in [1.807, 2.05) is 6.92 Å². The number of hydrogen-bond donors (Lipinski definition) is 2. The Labute approximate surface area is 135 Å². The fraction of sp³-hybridized carbons (Fsp3) is 0.714. The van der Waals surface area contributed by atoms with Crippen LogP contribution in [0.3, 0.4) is 0 Å². The van der Waals surface area contributed by atoms with Gasteiger partial charge in [-0.1, -0.05) is 0 Å². The number of thiophene rings is 1. The number of sulfonamides is 1. The first-order chi connectivity index (χ1) is 9.94. The molecule has 21 heavy (non-hydrogen) atoms. The maximum absolute atomic E-state index is 12.4. The van der Waals surface area contributed by atoms with E-state index in [0.29, 0.717) is 16.8 Å². The van der Waals surface area contributed by atoms with E-state index in [-0.39, 0.29) is 4.75 Å². The summed E-state index contributed by atoms with van der Waals surface area (Å²) >= 11 is 3.16. The van der Waals surface area contributed by atoms with E-state index in [1.54, 1.807) is 17.8 Å². The summed E-state index contributed by atoms with van der Waals surface area (Å²) in [7, 11) is -3.36. The van der Waals surface area contributed by atoms with Crippen LogP contribution >= 0.6 is 23.1 Å². The van der Waals surface area contributed by atoms with E-state index < -0.39 is 10.0 Å². The Balaban J connectivity index is 1.65. The molecule has 3 rings (SSSR count). The number of hydrogen-bond acceptors (Lipinski definition) is 5. The van der Waals surface area contributed by atoms with Crippen molar-refractivity contribution in [3.05, 3.63) is 16.5 Å². The van der Waals surface area contributed by atoms with Crippen molar-refractivity contribution in [2.24, 2.45) is 0 Å². The minimum atomic E-state index is -3.36. The molecule has 0 unspecified atom stereocenters. The molecule has 7 heteroatoms. The van der Waals surface area contributed by atoms with E-state index in [0.717, 1.165) is 29.8 Å². The van der Waals surface area contributed by atoms with Crippen LogP contribution in [0.1, 0.15) is 36.1 Å². The van der Waals surface area contributed by atoms with Crippen molar-refractivity contribution >= 4 is 33.1 Å². The van der Waals surface area contributed by atoms with E-state index in [1.165, 1.54) is 24.2 Å². The monoisotopic (exact) mass is 346 g/mol. The van der Waals surface area contributed by atoms with Crippen LogP contribution in [-0.4, -0.2) is 32.0 Å².